The van der Waals surface area contributed by atoms with Crippen LogP contribution >= 0.6 is 11.3 Å². The highest BCUT2D eigenvalue weighted by atomic mass is 32.1. The number of hydrogen-bond donors (Lipinski definition) is 2. The van der Waals surface area contributed by atoms with Crippen LogP contribution in [0.3, 0.4) is 0 Å². The normalized spacial score (nSPS) is 37.1. The standard InChI is InChI=1S/C13H19NOS/c15-9-13(7-10-3-4-11(13)6-10)14-8-12-2-1-5-16-12/h1-2,5,10-11,14-15H,3-4,6-9H2. The molecule has 3 atom stereocenters. The molecule has 0 amide bonds. The minimum Gasteiger partial charge on any atom is -0.394 e. The van der Waals surface area contributed by atoms with Gasteiger partial charge in [0.2, 0.25) is 0 Å². The van der Waals surface area contributed by atoms with Crippen molar-refractivity contribution in [2.45, 2.75) is 37.8 Å². The maximum atomic E-state index is 9.71. The van der Waals surface area contributed by atoms with E-state index in [9.17, 15) is 5.11 Å². The van der Waals surface area contributed by atoms with Crippen molar-refractivity contribution in [1.82, 2.24) is 5.32 Å². The molecule has 0 aliphatic heterocycles. The zero-order valence-corrected chi connectivity index (χ0v) is 10.3. The van der Waals surface area contributed by atoms with Crippen molar-refractivity contribution in [3.8, 4) is 0 Å². The van der Waals surface area contributed by atoms with E-state index in [0.717, 1.165) is 12.5 Å². The van der Waals surface area contributed by atoms with E-state index in [1.165, 1.54) is 30.6 Å². The lowest BCUT2D eigenvalue weighted by Gasteiger charge is -2.37. The largest absolute Gasteiger partial charge is 0.394 e. The van der Waals surface area contributed by atoms with Crippen molar-refractivity contribution in [3.63, 3.8) is 0 Å². The van der Waals surface area contributed by atoms with Crippen LogP contribution in [0.15, 0.2) is 17.5 Å². The lowest BCUT2D eigenvalue weighted by atomic mass is 9.81. The number of rotatable bonds is 4. The smallest absolute Gasteiger partial charge is 0.0616 e. The Morgan fingerprint density at radius 1 is 1.50 bits per heavy atom. The summed E-state index contributed by atoms with van der Waals surface area (Å²) in [6.45, 7) is 1.22. The average molecular weight is 237 g/mol. The van der Waals surface area contributed by atoms with Gasteiger partial charge in [0.25, 0.3) is 0 Å². The Morgan fingerprint density at radius 3 is 3.00 bits per heavy atom. The van der Waals surface area contributed by atoms with Gasteiger partial charge < -0.3 is 10.4 Å². The summed E-state index contributed by atoms with van der Waals surface area (Å²) in [5.74, 6) is 1.58. The van der Waals surface area contributed by atoms with Crippen LogP contribution in [0.2, 0.25) is 0 Å². The van der Waals surface area contributed by atoms with Gasteiger partial charge in [0.1, 0.15) is 0 Å². The third-order valence-electron chi connectivity index (χ3n) is 4.45. The van der Waals surface area contributed by atoms with E-state index in [2.05, 4.69) is 22.8 Å². The van der Waals surface area contributed by atoms with E-state index >= 15 is 0 Å². The fourth-order valence-corrected chi connectivity index (χ4v) is 4.23. The topological polar surface area (TPSA) is 32.3 Å². The molecule has 2 aliphatic rings. The van der Waals surface area contributed by atoms with Gasteiger partial charge in [-0.25, -0.2) is 0 Å². The number of thiophene rings is 1. The zero-order valence-electron chi connectivity index (χ0n) is 9.48. The third-order valence-corrected chi connectivity index (χ3v) is 5.33. The quantitative estimate of drug-likeness (QED) is 0.843. The van der Waals surface area contributed by atoms with Crippen molar-refractivity contribution in [1.29, 1.82) is 0 Å². The molecule has 3 heteroatoms. The van der Waals surface area contributed by atoms with Crippen LogP contribution in [0.4, 0.5) is 0 Å². The minimum atomic E-state index is 0.0346. The van der Waals surface area contributed by atoms with Crippen LogP contribution in [-0.4, -0.2) is 17.3 Å². The second-order valence-electron chi connectivity index (χ2n) is 5.33. The Morgan fingerprint density at radius 2 is 2.44 bits per heavy atom. The van der Waals surface area contributed by atoms with Gasteiger partial charge in [0, 0.05) is 17.0 Å². The molecule has 0 spiro atoms. The Balaban J connectivity index is 1.67. The number of nitrogens with one attached hydrogen (secondary N) is 1. The first-order valence-electron chi connectivity index (χ1n) is 6.21. The molecule has 3 unspecified atom stereocenters. The highest BCUT2D eigenvalue weighted by Crippen LogP contribution is 2.50. The summed E-state index contributed by atoms with van der Waals surface area (Å²) in [6, 6.07) is 4.25. The highest BCUT2D eigenvalue weighted by Gasteiger charge is 2.50. The van der Waals surface area contributed by atoms with Gasteiger partial charge in [-0.05, 0) is 42.5 Å². The summed E-state index contributed by atoms with van der Waals surface area (Å²) >= 11 is 1.79. The van der Waals surface area contributed by atoms with Gasteiger partial charge in [-0.3, -0.25) is 0 Å². The molecule has 2 N–H and O–H groups in total. The third kappa shape index (κ3) is 1.71. The van der Waals surface area contributed by atoms with E-state index < -0.39 is 0 Å². The highest BCUT2D eigenvalue weighted by molar-refractivity contribution is 7.09. The monoisotopic (exact) mass is 237 g/mol. The first-order valence-corrected chi connectivity index (χ1v) is 7.09. The molecule has 1 aromatic heterocycles. The molecule has 3 rings (SSSR count). The second kappa shape index (κ2) is 4.13. The fraction of sp³-hybridized carbons (Fsp3) is 0.692. The van der Waals surface area contributed by atoms with Crippen LogP contribution < -0.4 is 5.32 Å². The number of fused-ring (bicyclic) bond motifs is 2. The summed E-state index contributed by atoms with van der Waals surface area (Å²) in [6.07, 6.45) is 5.20. The summed E-state index contributed by atoms with van der Waals surface area (Å²) in [5.41, 5.74) is 0.0346. The molecule has 1 heterocycles. The van der Waals surface area contributed by atoms with Crippen LogP contribution in [0.5, 0.6) is 0 Å². The summed E-state index contributed by atoms with van der Waals surface area (Å²) in [4.78, 5) is 1.37. The predicted octanol–water partition coefficient (Wildman–Crippen LogP) is 2.39. The molecule has 0 aromatic carbocycles. The maximum absolute atomic E-state index is 9.71. The minimum absolute atomic E-state index is 0.0346. The second-order valence-corrected chi connectivity index (χ2v) is 6.36. The number of hydrogen-bond acceptors (Lipinski definition) is 3. The lowest BCUT2D eigenvalue weighted by molar-refractivity contribution is 0.105. The maximum Gasteiger partial charge on any atom is 0.0616 e. The summed E-state index contributed by atoms with van der Waals surface area (Å²) < 4.78 is 0. The lowest BCUT2D eigenvalue weighted by Crippen LogP contribution is -2.52. The van der Waals surface area contributed by atoms with E-state index in [1.807, 2.05) is 0 Å². The van der Waals surface area contributed by atoms with Crippen LogP contribution in [0, 0.1) is 11.8 Å². The molecule has 2 bridgehead atoms. The summed E-state index contributed by atoms with van der Waals surface area (Å²) in [5, 5.41) is 15.5. The summed E-state index contributed by atoms with van der Waals surface area (Å²) in [7, 11) is 0. The Labute approximate surface area is 101 Å². The van der Waals surface area contributed by atoms with Crippen LogP contribution in [0.25, 0.3) is 0 Å². The van der Waals surface area contributed by atoms with Gasteiger partial charge in [0.05, 0.1) is 6.61 Å². The average Bonchev–Trinajstić information content (AvgIpc) is 3.02. The van der Waals surface area contributed by atoms with E-state index in [4.69, 9.17) is 0 Å². The van der Waals surface area contributed by atoms with E-state index in [-0.39, 0.29) is 5.54 Å². The van der Waals surface area contributed by atoms with Crippen molar-refractivity contribution in [2.24, 2.45) is 11.8 Å². The van der Waals surface area contributed by atoms with Crippen molar-refractivity contribution < 1.29 is 5.11 Å². The molecule has 88 valence electrons. The van der Waals surface area contributed by atoms with Crippen LogP contribution in [0.1, 0.15) is 30.6 Å². The molecular weight excluding hydrogens is 218 g/mol. The molecule has 1 aromatic rings. The SMILES string of the molecule is OCC1(NCc2cccs2)CC2CCC1C2. The van der Waals surface area contributed by atoms with Gasteiger partial charge in [-0.2, -0.15) is 0 Å². The number of aliphatic hydroxyl groups is 1. The van der Waals surface area contributed by atoms with E-state index in [0.29, 0.717) is 12.5 Å². The fourth-order valence-electron chi connectivity index (χ4n) is 3.59. The van der Waals surface area contributed by atoms with Gasteiger partial charge >= 0.3 is 0 Å². The molecule has 2 fully saturated rings. The first kappa shape index (κ1) is 10.8. The van der Waals surface area contributed by atoms with Crippen molar-refractivity contribution >= 4 is 11.3 Å². The molecule has 2 saturated carbocycles. The van der Waals surface area contributed by atoms with Gasteiger partial charge in [-0.15, -0.1) is 11.3 Å². The predicted molar refractivity (Wildman–Crippen MR) is 66.4 cm³/mol. The molecule has 2 aliphatic carbocycles. The Hall–Kier alpha value is -0.380. The van der Waals surface area contributed by atoms with Gasteiger partial charge in [0.15, 0.2) is 0 Å². The molecule has 0 radical (unpaired) electrons. The Bertz CT molecular complexity index is 351. The van der Waals surface area contributed by atoms with E-state index in [1.54, 1.807) is 11.3 Å². The molecule has 16 heavy (non-hydrogen) atoms. The number of aliphatic hydroxyl groups excluding tert-OH is 1. The van der Waals surface area contributed by atoms with Crippen molar-refractivity contribution in [3.05, 3.63) is 22.4 Å². The molecule has 2 nitrogen and oxygen atoms in total. The zero-order chi connectivity index (χ0) is 11.0. The first-order chi connectivity index (χ1) is 7.82. The Kier molecular flexibility index (Phi) is 2.78. The molecular formula is C13H19NOS. The van der Waals surface area contributed by atoms with Gasteiger partial charge in [-0.1, -0.05) is 12.5 Å². The molecule has 0 saturated heterocycles. The van der Waals surface area contributed by atoms with Crippen molar-refractivity contribution in [2.75, 3.05) is 6.61 Å². The van der Waals surface area contributed by atoms with Crippen LogP contribution in [-0.2, 0) is 6.54 Å².